The number of aliphatic carboxylic acids is 1. The highest BCUT2D eigenvalue weighted by molar-refractivity contribution is 5.79. The Bertz CT molecular complexity index is 189. The Morgan fingerprint density at radius 1 is 1.45 bits per heavy atom. The van der Waals surface area contributed by atoms with Gasteiger partial charge in [-0.05, 0) is 24.7 Å². The van der Waals surface area contributed by atoms with Crippen molar-refractivity contribution < 1.29 is 9.90 Å². The van der Waals surface area contributed by atoms with E-state index in [0.29, 0.717) is 12.8 Å². The van der Waals surface area contributed by atoms with Crippen LogP contribution < -0.4 is 5.73 Å². The van der Waals surface area contributed by atoms with Crippen LogP contribution in [0.15, 0.2) is 0 Å². The molecule has 0 spiro atoms. The number of carbonyl (C=O) groups is 1. The normalized spacial score (nSPS) is 35.5. The maximum atomic E-state index is 10.7. The van der Waals surface area contributed by atoms with E-state index in [1.165, 1.54) is 0 Å². The molecule has 0 radical (unpaired) electrons. The molecule has 1 aliphatic rings. The van der Waals surface area contributed by atoms with E-state index in [1.54, 1.807) is 0 Å². The lowest BCUT2D eigenvalue weighted by atomic mass is 9.88. The lowest BCUT2D eigenvalue weighted by Crippen LogP contribution is -2.45. The predicted molar refractivity (Wildman–Crippen MR) is 42.2 cm³/mol. The van der Waals surface area contributed by atoms with Crippen LogP contribution in [0.3, 0.4) is 0 Å². The van der Waals surface area contributed by atoms with Crippen LogP contribution in [-0.2, 0) is 4.79 Å². The van der Waals surface area contributed by atoms with Crippen LogP contribution in [-0.4, -0.2) is 16.6 Å². The Morgan fingerprint density at radius 2 is 2.00 bits per heavy atom. The summed E-state index contributed by atoms with van der Waals surface area (Å²) in [6.45, 7) is 4.12. The maximum absolute atomic E-state index is 10.7. The molecular formula is C8H15NO2. The van der Waals surface area contributed by atoms with Gasteiger partial charge in [0, 0.05) is 0 Å². The summed E-state index contributed by atoms with van der Waals surface area (Å²) in [5, 5.41) is 8.78. The van der Waals surface area contributed by atoms with Gasteiger partial charge >= 0.3 is 5.97 Å². The molecule has 0 aromatic rings. The van der Waals surface area contributed by atoms with Gasteiger partial charge in [0.1, 0.15) is 5.54 Å². The van der Waals surface area contributed by atoms with E-state index in [2.05, 4.69) is 13.8 Å². The Hall–Kier alpha value is -0.570. The molecule has 3 nitrogen and oxygen atoms in total. The third kappa shape index (κ3) is 1.53. The molecule has 3 heteroatoms. The van der Waals surface area contributed by atoms with Gasteiger partial charge < -0.3 is 10.8 Å². The van der Waals surface area contributed by atoms with Gasteiger partial charge in [-0.3, -0.25) is 4.79 Å². The fourth-order valence-electron chi connectivity index (χ4n) is 1.77. The van der Waals surface area contributed by atoms with E-state index in [9.17, 15) is 4.79 Å². The van der Waals surface area contributed by atoms with Gasteiger partial charge in [-0.2, -0.15) is 0 Å². The molecule has 64 valence electrons. The summed E-state index contributed by atoms with van der Waals surface area (Å²) >= 11 is 0. The third-order valence-electron chi connectivity index (χ3n) is 2.47. The number of hydrogen-bond donors (Lipinski definition) is 2. The average molecular weight is 157 g/mol. The number of nitrogens with two attached hydrogens (primary N) is 1. The molecule has 1 saturated carbocycles. The first-order valence-electron chi connectivity index (χ1n) is 3.88. The van der Waals surface area contributed by atoms with Gasteiger partial charge in [0.15, 0.2) is 0 Å². The summed E-state index contributed by atoms with van der Waals surface area (Å²) in [7, 11) is 0. The van der Waals surface area contributed by atoms with Crippen molar-refractivity contribution in [3.8, 4) is 0 Å². The van der Waals surface area contributed by atoms with Crippen LogP contribution in [0.25, 0.3) is 0 Å². The third-order valence-corrected chi connectivity index (χ3v) is 2.47. The highest BCUT2D eigenvalue weighted by Gasteiger charge is 2.45. The zero-order chi connectivity index (χ0) is 8.70. The van der Waals surface area contributed by atoms with Crippen molar-refractivity contribution in [1.29, 1.82) is 0 Å². The molecule has 0 bridgehead atoms. The summed E-state index contributed by atoms with van der Waals surface area (Å²) in [4.78, 5) is 10.7. The lowest BCUT2D eigenvalue weighted by Gasteiger charge is -2.21. The molecule has 3 N–H and O–H groups in total. The van der Waals surface area contributed by atoms with Gasteiger partial charge in [0.25, 0.3) is 0 Å². The summed E-state index contributed by atoms with van der Waals surface area (Å²) in [6, 6.07) is 0. The molecule has 1 atom stereocenters. The van der Waals surface area contributed by atoms with Crippen LogP contribution in [0.4, 0.5) is 0 Å². The minimum Gasteiger partial charge on any atom is -0.480 e. The van der Waals surface area contributed by atoms with E-state index in [-0.39, 0.29) is 5.41 Å². The monoisotopic (exact) mass is 157 g/mol. The van der Waals surface area contributed by atoms with Crippen molar-refractivity contribution in [1.82, 2.24) is 0 Å². The molecule has 1 unspecified atom stereocenters. The second kappa shape index (κ2) is 2.21. The summed E-state index contributed by atoms with van der Waals surface area (Å²) in [6.07, 6.45) is 2.11. The standard InChI is InChI=1S/C8H15NO2/c1-7(2)3-4-8(9,5-7)6(10)11/h3-5,9H2,1-2H3,(H,10,11). The molecule has 1 rings (SSSR count). The van der Waals surface area contributed by atoms with Gasteiger partial charge in [0.05, 0.1) is 0 Å². The predicted octanol–water partition coefficient (Wildman–Crippen LogP) is 0.979. The van der Waals surface area contributed by atoms with Crippen molar-refractivity contribution in [2.24, 2.45) is 11.1 Å². The smallest absolute Gasteiger partial charge is 0.323 e. The molecule has 0 heterocycles. The Morgan fingerprint density at radius 3 is 2.18 bits per heavy atom. The molecule has 1 aliphatic carbocycles. The number of hydrogen-bond acceptors (Lipinski definition) is 2. The lowest BCUT2D eigenvalue weighted by molar-refractivity contribution is -0.143. The molecule has 0 aromatic carbocycles. The highest BCUT2D eigenvalue weighted by atomic mass is 16.4. The number of carboxylic acids is 1. The Kier molecular flexibility index (Phi) is 1.71. The minimum atomic E-state index is -0.955. The zero-order valence-electron chi connectivity index (χ0n) is 7.05. The molecular weight excluding hydrogens is 142 g/mol. The number of carboxylic acid groups (broad SMARTS) is 1. The summed E-state index contributed by atoms with van der Waals surface area (Å²) < 4.78 is 0. The Balaban J connectivity index is 2.73. The SMILES string of the molecule is CC1(C)CCC(N)(C(=O)O)C1. The quantitative estimate of drug-likeness (QED) is 0.596. The van der Waals surface area contributed by atoms with E-state index >= 15 is 0 Å². The van der Waals surface area contributed by atoms with Crippen molar-refractivity contribution in [2.45, 2.75) is 38.6 Å². The van der Waals surface area contributed by atoms with E-state index in [0.717, 1.165) is 6.42 Å². The average Bonchev–Trinajstić information content (AvgIpc) is 2.08. The number of rotatable bonds is 1. The second-order valence-corrected chi connectivity index (χ2v) is 4.30. The van der Waals surface area contributed by atoms with E-state index in [1.807, 2.05) is 0 Å². The molecule has 0 saturated heterocycles. The molecule has 11 heavy (non-hydrogen) atoms. The van der Waals surface area contributed by atoms with Gasteiger partial charge in [-0.15, -0.1) is 0 Å². The molecule has 0 aromatic heterocycles. The van der Waals surface area contributed by atoms with Crippen molar-refractivity contribution in [3.05, 3.63) is 0 Å². The topological polar surface area (TPSA) is 63.3 Å². The van der Waals surface area contributed by atoms with Crippen molar-refractivity contribution >= 4 is 5.97 Å². The van der Waals surface area contributed by atoms with Crippen LogP contribution in [0.2, 0.25) is 0 Å². The highest BCUT2D eigenvalue weighted by Crippen LogP contribution is 2.42. The minimum absolute atomic E-state index is 0.104. The first-order valence-corrected chi connectivity index (χ1v) is 3.88. The first-order chi connectivity index (χ1) is 4.86. The van der Waals surface area contributed by atoms with Crippen LogP contribution >= 0.6 is 0 Å². The zero-order valence-corrected chi connectivity index (χ0v) is 7.05. The molecule has 0 amide bonds. The summed E-state index contributed by atoms with van der Waals surface area (Å²) in [5.74, 6) is -0.858. The second-order valence-electron chi connectivity index (χ2n) is 4.30. The van der Waals surface area contributed by atoms with E-state index < -0.39 is 11.5 Å². The van der Waals surface area contributed by atoms with Crippen molar-refractivity contribution in [2.75, 3.05) is 0 Å². The van der Waals surface area contributed by atoms with Crippen molar-refractivity contribution in [3.63, 3.8) is 0 Å². The Labute approximate surface area is 66.6 Å². The van der Waals surface area contributed by atoms with Crippen LogP contribution in [0, 0.1) is 5.41 Å². The fraction of sp³-hybridized carbons (Fsp3) is 0.875. The van der Waals surface area contributed by atoms with Crippen LogP contribution in [0.1, 0.15) is 33.1 Å². The van der Waals surface area contributed by atoms with Gasteiger partial charge in [-0.25, -0.2) is 0 Å². The molecule has 1 fully saturated rings. The fourth-order valence-corrected chi connectivity index (χ4v) is 1.77. The van der Waals surface area contributed by atoms with E-state index in [4.69, 9.17) is 10.8 Å². The largest absolute Gasteiger partial charge is 0.480 e. The van der Waals surface area contributed by atoms with Crippen LogP contribution in [0.5, 0.6) is 0 Å². The first kappa shape index (κ1) is 8.53. The van der Waals surface area contributed by atoms with Gasteiger partial charge in [-0.1, -0.05) is 13.8 Å². The maximum Gasteiger partial charge on any atom is 0.323 e. The van der Waals surface area contributed by atoms with Gasteiger partial charge in [0.2, 0.25) is 0 Å². The molecule has 0 aliphatic heterocycles. The summed E-state index contributed by atoms with van der Waals surface area (Å²) in [5.41, 5.74) is 4.83.